The maximum Gasteiger partial charge on any atom is 0.167 e. The fourth-order valence-corrected chi connectivity index (χ4v) is 1.13. The highest BCUT2D eigenvalue weighted by Gasteiger charge is 2.06. The highest BCUT2D eigenvalue weighted by Crippen LogP contribution is 2.13. The van der Waals surface area contributed by atoms with Crippen LogP contribution in [0.3, 0.4) is 0 Å². The zero-order chi connectivity index (χ0) is 9.26. The smallest absolute Gasteiger partial charge is 0.167 e. The molecule has 0 saturated carbocycles. The fraction of sp³-hybridized carbons (Fsp3) is 0.286. The molecular weight excluding hydrogens is 170 g/mol. The van der Waals surface area contributed by atoms with E-state index < -0.39 is 0 Å². The molecule has 6 nitrogen and oxygen atoms in total. The predicted molar refractivity (Wildman–Crippen MR) is 46.7 cm³/mol. The summed E-state index contributed by atoms with van der Waals surface area (Å²) in [6.45, 7) is 0.410. The number of anilines is 1. The van der Waals surface area contributed by atoms with Crippen molar-refractivity contribution in [3.63, 3.8) is 0 Å². The topological polar surface area (TPSA) is 78.9 Å². The summed E-state index contributed by atoms with van der Waals surface area (Å²) in [5.74, 6) is 0.389. The van der Waals surface area contributed by atoms with Crippen LogP contribution in [0.5, 0.6) is 0 Å². The van der Waals surface area contributed by atoms with Gasteiger partial charge in [0.05, 0.1) is 6.33 Å². The van der Waals surface area contributed by atoms with Crippen molar-refractivity contribution >= 4 is 17.0 Å². The summed E-state index contributed by atoms with van der Waals surface area (Å²) in [6, 6.07) is 0. The molecule has 0 spiro atoms. The summed E-state index contributed by atoms with van der Waals surface area (Å²) in [5.41, 5.74) is 6.90. The monoisotopic (exact) mass is 179 g/mol. The molecule has 6 heteroatoms. The van der Waals surface area contributed by atoms with Gasteiger partial charge in [0, 0.05) is 7.11 Å². The van der Waals surface area contributed by atoms with Gasteiger partial charge >= 0.3 is 0 Å². The van der Waals surface area contributed by atoms with Gasteiger partial charge in [-0.05, 0) is 0 Å². The Morgan fingerprint density at radius 2 is 2.31 bits per heavy atom. The minimum atomic E-state index is 0.389. The zero-order valence-corrected chi connectivity index (χ0v) is 7.14. The van der Waals surface area contributed by atoms with E-state index >= 15 is 0 Å². The van der Waals surface area contributed by atoms with E-state index in [4.69, 9.17) is 10.5 Å². The van der Waals surface area contributed by atoms with Crippen LogP contribution in [0.2, 0.25) is 0 Å². The number of nitrogens with zero attached hydrogens (tertiary/aromatic N) is 4. The van der Waals surface area contributed by atoms with Gasteiger partial charge in [0.25, 0.3) is 0 Å². The normalized spacial score (nSPS) is 10.8. The molecule has 0 aromatic carbocycles. The first-order valence-corrected chi connectivity index (χ1v) is 3.73. The second-order valence-electron chi connectivity index (χ2n) is 2.56. The average molecular weight is 179 g/mol. The van der Waals surface area contributed by atoms with Crippen LogP contribution in [-0.2, 0) is 11.5 Å². The minimum absolute atomic E-state index is 0.389. The Bertz CT molecular complexity index is 424. The molecule has 0 saturated heterocycles. The molecule has 2 aromatic heterocycles. The number of ether oxygens (including phenoxy) is 1. The average Bonchev–Trinajstić information content (AvgIpc) is 2.51. The third kappa shape index (κ3) is 1.20. The lowest BCUT2D eigenvalue weighted by Crippen LogP contribution is -2.00. The molecule has 0 aliphatic carbocycles. The molecule has 2 aromatic rings. The number of nitrogen functional groups attached to an aromatic ring is 1. The third-order valence-corrected chi connectivity index (χ3v) is 1.70. The number of hydrogen-bond donors (Lipinski definition) is 1. The standard InChI is InChI=1S/C7H9N5O/c1-13-4-12-3-11-5-6(8)9-2-10-7(5)12/h2-3H,4H2,1H3,(H2,8,9,10). The molecule has 0 aliphatic heterocycles. The van der Waals surface area contributed by atoms with Gasteiger partial charge in [-0.3, -0.25) is 4.57 Å². The van der Waals surface area contributed by atoms with Crippen molar-refractivity contribution in [1.82, 2.24) is 19.5 Å². The number of hydrogen-bond acceptors (Lipinski definition) is 5. The zero-order valence-electron chi connectivity index (χ0n) is 7.14. The first-order chi connectivity index (χ1) is 6.33. The Morgan fingerprint density at radius 1 is 1.46 bits per heavy atom. The van der Waals surface area contributed by atoms with Crippen molar-refractivity contribution in [2.45, 2.75) is 6.73 Å². The van der Waals surface area contributed by atoms with Gasteiger partial charge in [-0.25, -0.2) is 15.0 Å². The molecule has 0 aliphatic rings. The number of nitrogens with two attached hydrogens (primary N) is 1. The van der Waals surface area contributed by atoms with Gasteiger partial charge < -0.3 is 10.5 Å². The van der Waals surface area contributed by atoms with Crippen LogP contribution >= 0.6 is 0 Å². The van der Waals surface area contributed by atoms with E-state index in [2.05, 4.69) is 15.0 Å². The van der Waals surface area contributed by atoms with Crippen LogP contribution in [0, 0.1) is 0 Å². The van der Waals surface area contributed by atoms with Gasteiger partial charge in [0.1, 0.15) is 18.6 Å². The quantitative estimate of drug-likeness (QED) is 0.702. The number of imidazole rings is 1. The second-order valence-corrected chi connectivity index (χ2v) is 2.56. The number of fused-ring (bicyclic) bond motifs is 1. The number of methoxy groups -OCH3 is 1. The molecule has 2 rings (SSSR count). The lowest BCUT2D eigenvalue weighted by atomic mass is 10.5. The van der Waals surface area contributed by atoms with Crippen LogP contribution in [0.1, 0.15) is 0 Å². The Hall–Kier alpha value is -1.69. The molecule has 0 bridgehead atoms. The predicted octanol–water partition coefficient (Wildman–Crippen LogP) is 0.0124. The Kier molecular flexibility index (Phi) is 1.82. The molecular formula is C7H9N5O. The number of aromatic nitrogens is 4. The maximum absolute atomic E-state index is 5.60. The van der Waals surface area contributed by atoms with E-state index in [1.54, 1.807) is 18.0 Å². The lowest BCUT2D eigenvalue weighted by molar-refractivity contribution is 0.134. The summed E-state index contributed by atoms with van der Waals surface area (Å²) >= 11 is 0. The van der Waals surface area contributed by atoms with E-state index in [1.807, 2.05) is 0 Å². The van der Waals surface area contributed by atoms with E-state index in [1.165, 1.54) is 6.33 Å². The number of rotatable bonds is 2. The van der Waals surface area contributed by atoms with Crippen molar-refractivity contribution in [2.24, 2.45) is 0 Å². The van der Waals surface area contributed by atoms with Gasteiger partial charge in [-0.15, -0.1) is 0 Å². The second kappa shape index (κ2) is 2.98. The highest BCUT2D eigenvalue weighted by molar-refractivity contribution is 5.80. The molecule has 2 heterocycles. The van der Waals surface area contributed by atoms with Gasteiger partial charge in [0.2, 0.25) is 0 Å². The Balaban J connectivity index is 2.61. The summed E-state index contributed by atoms with van der Waals surface area (Å²) in [5, 5.41) is 0. The van der Waals surface area contributed by atoms with E-state index in [9.17, 15) is 0 Å². The van der Waals surface area contributed by atoms with Crippen molar-refractivity contribution < 1.29 is 4.74 Å². The van der Waals surface area contributed by atoms with Crippen molar-refractivity contribution in [2.75, 3.05) is 12.8 Å². The lowest BCUT2D eigenvalue weighted by Gasteiger charge is -1.99. The van der Waals surface area contributed by atoms with Gasteiger partial charge in [-0.1, -0.05) is 0 Å². The minimum Gasteiger partial charge on any atom is -0.382 e. The summed E-state index contributed by atoms with van der Waals surface area (Å²) < 4.78 is 6.71. The summed E-state index contributed by atoms with van der Waals surface area (Å²) in [6.07, 6.45) is 3.03. The SMILES string of the molecule is COCn1cnc2c(N)ncnc21. The van der Waals surface area contributed by atoms with Crippen LogP contribution in [0.15, 0.2) is 12.7 Å². The summed E-state index contributed by atoms with van der Waals surface area (Å²) in [4.78, 5) is 12.0. The molecule has 68 valence electrons. The van der Waals surface area contributed by atoms with Crippen LogP contribution < -0.4 is 5.73 Å². The first-order valence-electron chi connectivity index (χ1n) is 3.73. The fourth-order valence-electron chi connectivity index (χ4n) is 1.13. The Morgan fingerprint density at radius 3 is 3.08 bits per heavy atom. The van der Waals surface area contributed by atoms with Crippen LogP contribution in [0.4, 0.5) is 5.82 Å². The summed E-state index contributed by atoms with van der Waals surface area (Å²) in [7, 11) is 1.61. The maximum atomic E-state index is 5.60. The van der Waals surface area contributed by atoms with Crippen LogP contribution in [-0.4, -0.2) is 26.6 Å². The van der Waals surface area contributed by atoms with Crippen LogP contribution in [0.25, 0.3) is 11.2 Å². The molecule has 0 amide bonds. The van der Waals surface area contributed by atoms with E-state index in [0.29, 0.717) is 23.7 Å². The van der Waals surface area contributed by atoms with Gasteiger partial charge in [0.15, 0.2) is 11.5 Å². The van der Waals surface area contributed by atoms with E-state index in [0.717, 1.165) is 0 Å². The van der Waals surface area contributed by atoms with E-state index in [-0.39, 0.29) is 0 Å². The molecule has 13 heavy (non-hydrogen) atoms. The van der Waals surface area contributed by atoms with Gasteiger partial charge in [-0.2, -0.15) is 0 Å². The van der Waals surface area contributed by atoms with Crippen molar-refractivity contribution in [3.05, 3.63) is 12.7 Å². The first kappa shape index (κ1) is 7.93. The molecule has 0 fully saturated rings. The van der Waals surface area contributed by atoms with Crippen molar-refractivity contribution in [3.8, 4) is 0 Å². The molecule has 0 atom stereocenters. The molecule has 2 N–H and O–H groups in total. The highest BCUT2D eigenvalue weighted by atomic mass is 16.5. The van der Waals surface area contributed by atoms with Crippen molar-refractivity contribution in [1.29, 1.82) is 0 Å². The third-order valence-electron chi connectivity index (χ3n) is 1.70. The molecule has 0 unspecified atom stereocenters. The molecule has 0 radical (unpaired) electrons. The Labute approximate surface area is 74.4 Å². The largest absolute Gasteiger partial charge is 0.382 e.